The van der Waals surface area contributed by atoms with Crippen LogP contribution in [0, 0.1) is 12.1 Å². The van der Waals surface area contributed by atoms with Gasteiger partial charge in [0.15, 0.2) is 0 Å². The van der Waals surface area contributed by atoms with Crippen molar-refractivity contribution < 1.29 is 0 Å². The highest BCUT2D eigenvalue weighted by Crippen LogP contribution is 2.49. The molecule has 0 amide bonds. The van der Waals surface area contributed by atoms with Crippen molar-refractivity contribution in [2.75, 3.05) is 9.80 Å². The summed E-state index contributed by atoms with van der Waals surface area (Å²) in [6.45, 7) is 0. The highest BCUT2D eigenvalue weighted by atomic mass is 15.2. The molecule has 0 aliphatic rings. The summed E-state index contributed by atoms with van der Waals surface area (Å²) in [4.78, 5) is 4.85. The van der Waals surface area contributed by atoms with Gasteiger partial charge in [-0.3, -0.25) is 0 Å². The van der Waals surface area contributed by atoms with Gasteiger partial charge >= 0.3 is 0 Å². The minimum atomic E-state index is 1.06. The van der Waals surface area contributed by atoms with Crippen LogP contribution in [0.2, 0.25) is 0 Å². The summed E-state index contributed by atoms with van der Waals surface area (Å²) in [6, 6.07) is 176. The Hall–Kier alpha value is -16.3. The van der Waals surface area contributed by atoms with Crippen molar-refractivity contribution in [1.82, 2.24) is 9.13 Å². The molecule has 0 radical (unpaired) electrons. The molecule has 0 fully saturated rings. The topological polar surface area (TPSA) is 16.3 Å². The average molecular weight is 1550 g/mol. The Bertz CT molecular complexity index is 8000. The number of hydrogen-bond acceptors (Lipinski definition) is 2. The average Bonchev–Trinajstić information content (AvgIpc) is 1.57. The van der Waals surface area contributed by atoms with Crippen molar-refractivity contribution in [2.45, 2.75) is 0 Å². The second kappa shape index (κ2) is 30.0. The molecule has 0 saturated carbocycles. The van der Waals surface area contributed by atoms with Crippen LogP contribution in [0.3, 0.4) is 0 Å². The van der Waals surface area contributed by atoms with Gasteiger partial charge in [0.2, 0.25) is 0 Å². The highest BCUT2D eigenvalue weighted by Gasteiger charge is 2.25. The summed E-state index contributed by atoms with van der Waals surface area (Å²) in [5.74, 6) is 0. The quantitative estimate of drug-likeness (QED) is 0.0897. The molecule has 0 aliphatic heterocycles. The predicted molar refractivity (Wildman–Crippen MR) is 516 cm³/mol. The molecule has 2 heterocycles. The molecule has 122 heavy (non-hydrogen) atoms. The smallest absolute Gasteiger partial charge is 0.0547 e. The Morgan fingerprint density at radius 2 is 0.557 bits per heavy atom. The maximum Gasteiger partial charge on any atom is 0.0547 e. The number of fused-ring (bicyclic) bond motifs is 11. The van der Waals surface area contributed by atoms with E-state index >= 15 is 0 Å². The van der Waals surface area contributed by atoms with Gasteiger partial charge in [-0.15, -0.1) is 0 Å². The lowest BCUT2D eigenvalue weighted by Crippen LogP contribution is -2.11. The normalized spacial score (nSPS) is 11.5. The Morgan fingerprint density at radius 1 is 0.189 bits per heavy atom. The zero-order valence-corrected chi connectivity index (χ0v) is 66.7. The maximum absolute atomic E-state index is 3.41. The zero-order chi connectivity index (χ0) is 80.6. The second-order valence-corrected chi connectivity index (χ2v) is 31.7. The molecule has 0 spiro atoms. The minimum Gasteiger partial charge on any atom is -0.310 e. The monoisotopic (exact) mass is 1550 g/mol. The van der Waals surface area contributed by atoms with Gasteiger partial charge in [0.1, 0.15) is 0 Å². The number of para-hydroxylation sites is 4. The summed E-state index contributed by atoms with van der Waals surface area (Å²) in [5.41, 5.74) is 31.6. The third-order valence-corrected chi connectivity index (χ3v) is 24.7. The fraction of sp³-hybridized carbons (Fsp3) is 0. The van der Waals surface area contributed by atoms with E-state index in [9.17, 15) is 0 Å². The van der Waals surface area contributed by atoms with E-state index in [1.165, 1.54) is 87.2 Å². The summed E-state index contributed by atoms with van der Waals surface area (Å²) in [7, 11) is 0. The first-order valence-corrected chi connectivity index (χ1v) is 41.8. The van der Waals surface area contributed by atoms with Gasteiger partial charge in [-0.25, -0.2) is 0 Å². The molecule has 0 bridgehead atoms. The minimum absolute atomic E-state index is 1.06. The van der Waals surface area contributed by atoms with E-state index in [-0.39, 0.29) is 0 Å². The fourth-order valence-corrected chi connectivity index (χ4v) is 19.1. The number of benzene rings is 20. The summed E-state index contributed by atoms with van der Waals surface area (Å²) in [6.07, 6.45) is 0. The molecule has 0 unspecified atom stereocenters. The zero-order valence-electron chi connectivity index (χ0n) is 66.7. The Kier molecular flexibility index (Phi) is 17.5. The first kappa shape index (κ1) is 71.0. The molecule has 568 valence electrons. The van der Waals surface area contributed by atoms with Crippen molar-refractivity contribution in [1.29, 1.82) is 0 Å². The number of nitrogens with zero attached hydrogens (tertiary/aromatic N) is 4. The van der Waals surface area contributed by atoms with Crippen molar-refractivity contribution >= 4 is 121 Å². The van der Waals surface area contributed by atoms with Gasteiger partial charge in [0.25, 0.3) is 0 Å². The maximum atomic E-state index is 3.41. The molecule has 23 rings (SSSR count). The van der Waals surface area contributed by atoms with Gasteiger partial charge in [-0.1, -0.05) is 340 Å². The molecule has 0 aliphatic carbocycles. The van der Waals surface area contributed by atoms with Gasteiger partial charge in [-0.2, -0.15) is 0 Å². The van der Waals surface area contributed by atoms with E-state index in [4.69, 9.17) is 0 Å². The van der Waals surface area contributed by atoms with Gasteiger partial charge in [0.05, 0.1) is 33.4 Å². The molecule has 0 saturated heterocycles. The van der Waals surface area contributed by atoms with Crippen LogP contribution in [0.25, 0.3) is 187 Å². The lowest BCUT2D eigenvalue weighted by Gasteiger charge is -2.28. The molecule has 0 atom stereocenters. The third kappa shape index (κ3) is 12.4. The first-order valence-electron chi connectivity index (χ1n) is 41.8. The Labute approximate surface area is 708 Å². The molecule has 23 aromatic rings. The molecule has 21 aromatic carbocycles. The van der Waals surface area contributed by atoms with Gasteiger partial charge < -0.3 is 18.9 Å². The predicted octanol–water partition coefficient (Wildman–Crippen LogP) is 32.4. The van der Waals surface area contributed by atoms with E-state index < -0.39 is 0 Å². The van der Waals surface area contributed by atoms with Crippen molar-refractivity contribution in [3.8, 4) is 100 Å². The van der Waals surface area contributed by atoms with E-state index in [1.54, 1.807) is 0 Å². The third-order valence-electron chi connectivity index (χ3n) is 24.7. The van der Waals surface area contributed by atoms with Crippen LogP contribution in [0.15, 0.2) is 461 Å². The molecule has 0 N–H and O–H groups in total. The van der Waals surface area contributed by atoms with Gasteiger partial charge in [-0.05, 0) is 249 Å². The molecule has 2 aromatic heterocycles. The lowest BCUT2D eigenvalue weighted by atomic mass is 9.94. The number of aromatic nitrogens is 2. The van der Waals surface area contributed by atoms with E-state index in [0.29, 0.717) is 0 Å². The van der Waals surface area contributed by atoms with Crippen LogP contribution in [-0.2, 0) is 0 Å². The molecule has 4 nitrogen and oxygen atoms in total. The largest absolute Gasteiger partial charge is 0.310 e. The van der Waals surface area contributed by atoms with Gasteiger partial charge in [0, 0.05) is 72.2 Å². The highest BCUT2D eigenvalue weighted by molar-refractivity contribution is 6.18. The van der Waals surface area contributed by atoms with Crippen LogP contribution >= 0.6 is 0 Å². The lowest BCUT2D eigenvalue weighted by molar-refractivity contribution is 1.17. The number of anilines is 6. The Balaban J connectivity index is 0.585. The standard InChI is InChI=1S/C118H76N4/c1-2-26-79(27-3-1)80-60-66-93(67-61-80)119(94-68-62-84(63-69-94)102-48-22-31-81-28-4-7-41-99(81)102)111-52-14-10-44-105(111)88-35-18-37-90(74-88)107-50-24-56-115-117(107)109-46-12-16-54-113(109)121(115)96-39-20-33-86(76-96)87-34-21-40-97(77-87)122-114-55-17-13-47-110(114)118-108(51-25-57-116(118)122)91-38-19-36-89(75-91)106-45-11-15-53-112(106)120(98-72-73-104-92(78-98)59-58-83-30-6-9-43-101(83)104)95-70-64-85(65-71-95)103-49-23-32-82-29-5-8-42-100(82)103/h1-7,9-41,43-78H. The van der Waals surface area contributed by atoms with E-state index in [1.807, 2.05) is 6.07 Å². The summed E-state index contributed by atoms with van der Waals surface area (Å²) < 4.78 is 4.92. The van der Waals surface area contributed by atoms with E-state index in [2.05, 4.69) is 486 Å². The molecular weight excluding hydrogens is 1470 g/mol. The van der Waals surface area contributed by atoms with Crippen LogP contribution < -0.4 is 9.80 Å². The van der Waals surface area contributed by atoms with E-state index in [0.717, 1.165) is 134 Å². The van der Waals surface area contributed by atoms with Crippen LogP contribution in [0.5, 0.6) is 0 Å². The SMILES string of the molecule is c1ccc2cccc(-c3ccc(N(c4ccc5c(ccc6ccccc65)c4)c4ccccc4-c4cccc(-c5cccc6c5c5ccccc5n6-c5cccc(-c6cccc(-n7c8ccccc8c8c(-c9cccc(-c%10ccccc%10N(c%10ccc(-c%11ccccc%11)cc%10)c%10ccc(-c%11cccc%12ccccc%11%12)cc%10)c9)cccc87)c6)c5)c4)cc3)c2c#1. The van der Waals surface area contributed by atoms with Crippen molar-refractivity contribution in [3.05, 3.63) is 473 Å². The van der Waals surface area contributed by atoms with Crippen molar-refractivity contribution in [3.63, 3.8) is 0 Å². The molecule has 4 heteroatoms. The van der Waals surface area contributed by atoms with Crippen LogP contribution in [0.4, 0.5) is 34.1 Å². The molecular formula is C118H76N4. The first-order chi connectivity index (χ1) is 60.5. The van der Waals surface area contributed by atoms with Crippen LogP contribution in [0.1, 0.15) is 0 Å². The second-order valence-electron chi connectivity index (χ2n) is 31.7. The Morgan fingerprint density at radius 3 is 1.15 bits per heavy atom. The number of rotatable bonds is 16. The van der Waals surface area contributed by atoms with Crippen molar-refractivity contribution in [2.24, 2.45) is 0 Å². The summed E-state index contributed by atoms with van der Waals surface area (Å²) >= 11 is 0. The number of hydrogen-bond donors (Lipinski definition) is 0. The van der Waals surface area contributed by atoms with Crippen LogP contribution in [-0.4, -0.2) is 9.13 Å². The summed E-state index contributed by atoms with van der Waals surface area (Å²) in [5, 5.41) is 14.4. The fourth-order valence-electron chi connectivity index (χ4n) is 19.1.